The molecule has 4 heteroatoms. The summed E-state index contributed by atoms with van der Waals surface area (Å²) in [6.07, 6.45) is 3.48. The number of nitrogens with zero attached hydrogens (tertiary/aromatic N) is 1. The molecule has 0 unspecified atom stereocenters. The van der Waals surface area contributed by atoms with Crippen molar-refractivity contribution in [1.82, 2.24) is 4.98 Å². The van der Waals surface area contributed by atoms with Crippen LogP contribution in [0, 0.1) is 0 Å². The first-order valence-electron chi connectivity index (χ1n) is 7.11. The van der Waals surface area contributed by atoms with E-state index in [0.717, 1.165) is 18.5 Å². The molecule has 1 N–H and O–H groups in total. The molecule has 0 aliphatic heterocycles. The molecule has 0 atom stereocenters. The van der Waals surface area contributed by atoms with Crippen LogP contribution in [0.15, 0.2) is 36.5 Å². The van der Waals surface area contributed by atoms with Gasteiger partial charge in [0, 0.05) is 11.9 Å². The Kier molecular flexibility index (Phi) is 4.93. The lowest BCUT2D eigenvalue weighted by molar-refractivity contribution is 0.0600. The maximum atomic E-state index is 11.6. The summed E-state index contributed by atoms with van der Waals surface area (Å²) < 4.78 is 4.74. The van der Waals surface area contributed by atoms with Gasteiger partial charge in [0.05, 0.1) is 12.7 Å². The largest absolute Gasteiger partial charge is 0.465 e. The van der Waals surface area contributed by atoms with Crippen molar-refractivity contribution in [2.45, 2.75) is 26.7 Å². The Hall–Kier alpha value is -2.36. The average Bonchev–Trinajstić information content (AvgIpc) is 2.54. The number of aryl methyl sites for hydroxylation is 2. The van der Waals surface area contributed by atoms with Crippen molar-refractivity contribution in [1.29, 1.82) is 0 Å². The van der Waals surface area contributed by atoms with E-state index >= 15 is 0 Å². The monoisotopic (exact) mass is 284 g/mol. The second-order valence-electron chi connectivity index (χ2n) is 4.70. The van der Waals surface area contributed by atoms with Crippen LogP contribution in [0.4, 0.5) is 11.5 Å². The van der Waals surface area contributed by atoms with Crippen molar-refractivity contribution in [3.05, 3.63) is 53.2 Å². The van der Waals surface area contributed by atoms with E-state index in [1.807, 2.05) is 0 Å². The summed E-state index contributed by atoms with van der Waals surface area (Å²) in [6.45, 7) is 4.25. The molecule has 0 fully saturated rings. The summed E-state index contributed by atoms with van der Waals surface area (Å²) >= 11 is 0. The van der Waals surface area contributed by atoms with E-state index in [-0.39, 0.29) is 5.97 Å². The van der Waals surface area contributed by atoms with Crippen molar-refractivity contribution in [3.63, 3.8) is 0 Å². The third kappa shape index (κ3) is 3.40. The number of carbonyl (C=O) groups is 1. The highest BCUT2D eigenvalue weighted by atomic mass is 16.5. The zero-order valence-corrected chi connectivity index (χ0v) is 12.6. The van der Waals surface area contributed by atoms with Crippen LogP contribution >= 0.6 is 0 Å². The fourth-order valence-electron chi connectivity index (χ4n) is 2.27. The predicted octanol–water partition coefficient (Wildman–Crippen LogP) is 3.74. The lowest BCUT2D eigenvalue weighted by atomic mass is 10.0. The number of esters is 1. The number of nitrogens with one attached hydrogen (secondary N) is 1. The number of ether oxygens (including phenoxy) is 1. The van der Waals surface area contributed by atoms with Crippen LogP contribution in [0.2, 0.25) is 0 Å². The van der Waals surface area contributed by atoms with Gasteiger partial charge in [0.25, 0.3) is 0 Å². The van der Waals surface area contributed by atoms with Crippen molar-refractivity contribution >= 4 is 17.5 Å². The third-order valence-corrected chi connectivity index (χ3v) is 3.43. The number of hydrogen-bond acceptors (Lipinski definition) is 4. The standard InChI is InChI=1S/C17H20N2O2/c1-4-12-7-6-8-13(5-2)16(12)19-15-11-14(9-10-18-15)17(20)21-3/h6-11H,4-5H2,1-3H3,(H,18,19). The number of rotatable bonds is 5. The number of carbonyl (C=O) groups excluding carboxylic acids is 1. The topological polar surface area (TPSA) is 51.2 Å². The van der Waals surface area contributed by atoms with E-state index in [4.69, 9.17) is 4.74 Å². The summed E-state index contributed by atoms with van der Waals surface area (Å²) in [5, 5.41) is 3.34. The van der Waals surface area contributed by atoms with Crippen LogP contribution in [-0.4, -0.2) is 18.1 Å². The Morgan fingerprint density at radius 2 is 1.86 bits per heavy atom. The average molecular weight is 284 g/mol. The van der Waals surface area contributed by atoms with Gasteiger partial charge in [0.1, 0.15) is 5.82 Å². The lowest BCUT2D eigenvalue weighted by Gasteiger charge is -2.15. The van der Waals surface area contributed by atoms with E-state index in [1.165, 1.54) is 18.2 Å². The molecule has 21 heavy (non-hydrogen) atoms. The van der Waals surface area contributed by atoms with Crippen molar-refractivity contribution < 1.29 is 9.53 Å². The number of pyridine rings is 1. The Labute approximate surface area is 125 Å². The molecule has 1 heterocycles. The van der Waals surface area contributed by atoms with Crippen LogP contribution in [-0.2, 0) is 17.6 Å². The third-order valence-electron chi connectivity index (χ3n) is 3.43. The SMILES string of the molecule is CCc1cccc(CC)c1Nc1cc(C(=O)OC)ccn1. The minimum atomic E-state index is -0.361. The maximum absolute atomic E-state index is 11.6. The minimum Gasteiger partial charge on any atom is -0.465 e. The fraction of sp³-hybridized carbons (Fsp3) is 0.294. The number of para-hydroxylation sites is 1. The van der Waals surface area contributed by atoms with Gasteiger partial charge in [0.2, 0.25) is 0 Å². The molecule has 0 radical (unpaired) electrons. The first-order valence-corrected chi connectivity index (χ1v) is 7.11. The molecule has 110 valence electrons. The van der Waals surface area contributed by atoms with Crippen LogP contribution in [0.1, 0.15) is 35.3 Å². The van der Waals surface area contributed by atoms with Crippen LogP contribution in [0.25, 0.3) is 0 Å². The quantitative estimate of drug-likeness (QED) is 0.850. The van der Waals surface area contributed by atoms with Crippen molar-refractivity contribution in [2.75, 3.05) is 12.4 Å². The summed E-state index contributed by atoms with van der Waals surface area (Å²) in [5.41, 5.74) is 4.04. The zero-order valence-electron chi connectivity index (χ0n) is 12.6. The highest BCUT2D eigenvalue weighted by Gasteiger charge is 2.10. The molecule has 0 bridgehead atoms. The van der Waals surface area contributed by atoms with Crippen molar-refractivity contribution in [3.8, 4) is 0 Å². The number of benzene rings is 1. The molecule has 1 aromatic heterocycles. The Morgan fingerprint density at radius 3 is 2.43 bits per heavy atom. The van der Waals surface area contributed by atoms with Gasteiger partial charge in [-0.2, -0.15) is 0 Å². The summed E-state index contributed by atoms with van der Waals surface area (Å²) in [4.78, 5) is 15.9. The Balaban J connectivity index is 2.36. The minimum absolute atomic E-state index is 0.361. The van der Waals surface area contributed by atoms with Crippen LogP contribution in [0.5, 0.6) is 0 Å². The fourth-order valence-corrected chi connectivity index (χ4v) is 2.27. The summed E-state index contributed by atoms with van der Waals surface area (Å²) in [5.74, 6) is 0.286. The summed E-state index contributed by atoms with van der Waals surface area (Å²) in [7, 11) is 1.37. The van der Waals surface area contributed by atoms with Gasteiger partial charge in [-0.1, -0.05) is 32.0 Å². The van der Waals surface area contributed by atoms with Gasteiger partial charge in [-0.25, -0.2) is 9.78 Å². The van der Waals surface area contributed by atoms with E-state index in [2.05, 4.69) is 42.3 Å². The normalized spacial score (nSPS) is 10.2. The molecular weight excluding hydrogens is 264 g/mol. The molecule has 0 aliphatic rings. The maximum Gasteiger partial charge on any atom is 0.338 e. The Bertz CT molecular complexity index is 616. The smallest absolute Gasteiger partial charge is 0.338 e. The molecule has 0 spiro atoms. The van der Waals surface area contributed by atoms with Gasteiger partial charge in [-0.3, -0.25) is 0 Å². The molecule has 2 rings (SSSR count). The molecule has 0 amide bonds. The number of hydrogen-bond donors (Lipinski definition) is 1. The molecule has 1 aromatic carbocycles. The highest BCUT2D eigenvalue weighted by Crippen LogP contribution is 2.26. The van der Waals surface area contributed by atoms with Gasteiger partial charge < -0.3 is 10.1 Å². The van der Waals surface area contributed by atoms with Gasteiger partial charge >= 0.3 is 5.97 Å². The number of methoxy groups -OCH3 is 1. The molecule has 2 aromatic rings. The van der Waals surface area contributed by atoms with E-state index < -0.39 is 0 Å². The van der Waals surface area contributed by atoms with E-state index in [0.29, 0.717) is 11.4 Å². The van der Waals surface area contributed by atoms with Crippen LogP contribution in [0.3, 0.4) is 0 Å². The van der Waals surface area contributed by atoms with Gasteiger partial charge in [-0.15, -0.1) is 0 Å². The zero-order chi connectivity index (χ0) is 15.2. The van der Waals surface area contributed by atoms with E-state index in [9.17, 15) is 4.79 Å². The second kappa shape index (κ2) is 6.88. The molecule has 4 nitrogen and oxygen atoms in total. The molecule has 0 aliphatic carbocycles. The number of aromatic nitrogens is 1. The Morgan fingerprint density at radius 1 is 1.19 bits per heavy atom. The van der Waals surface area contributed by atoms with E-state index in [1.54, 1.807) is 18.3 Å². The lowest BCUT2D eigenvalue weighted by Crippen LogP contribution is -2.05. The van der Waals surface area contributed by atoms with Crippen molar-refractivity contribution in [2.24, 2.45) is 0 Å². The van der Waals surface area contributed by atoms with Crippen LogP contribution < -0.4 is 5.32 Å². The molecular formula is C17H20N2O2. The molecule has 0 saturated heterocycles. The highest BCUT2D eigenvalue weighted by molar-refractivity contribution is 5.90. The van der Waals surface area contributed by atoms with Gasteiger partial charge in [0.15, 0.2) is 0 Å². The first kappa shape index (κ1) is 15.0. The second-order valence-corrected chi connectivity index (χ2v) is 4.70. The number of anilines is 2. The van der Waals surface area contributed by atoms with Gasteiger partial charge in [-0.05, 0) is 36.1 Å². The molecule has 0 saturated carbocycles. The first-order chi connectivity index (χ1) is 10.2. The summed E-state index contributed by atoms with van der Waals surface area (Å²) in [6, 6.07) is 9.62. The predicted molar refractivity (Wildman–Crippen MR) is 84.1 cm³/mol.